The lowest BCUT2D eigenvalue weighted by atomic mass is 10.4. The molecule has 1 aromatic heterocycles. The topological polar surface area (TPSA) is 38.3 Å². The number of thiophene rings is 1. The van der Waals surface area contributed by atoms with Crippen molar-refractivity contribution in [3.8, 4) is 0 Å². The summed E-state index contributed by atoms with van der Waals surface area (Å²) in [6.07, 6.45) is 2.50. The third-order valence-electron chi connectivity index (χ3n) is 1.75. The zero-order valence-corrected chi connectivity index (χ0v) is 9.39. The summed E-state index contributed by atoms with van der Waals surface area (Å²) in [4.78, 5) is 12.4. The van der Waals surface area contributed by atoms with Crippen LogP contribution in [0.4, 0.5) is 0 Å². The second-order valence-electron chi connectivity index (χ2n) is 2.97. The number of carbonyl (C=O) groups is 1. The van der Waals surface area contributed by atoms with E-state index in [0.29, 0.717) is 13.2 Å². The minimum atomic E-state index is -0.214. The van der Waals surface area contributed by atoms with E-state index >= 15 is 0 Å². The van der Waals surface area contributed by atoms with Crippen molar-refractivity contribution in [2.45, 2.75) is 6.42 Å². The van der Waals surface area contributed by atoms with E-state index in [9.17, 15) is 4.79 Å². The minimum absolute atomic E-state index is 0.214. The first-order valence-electron chi connectivity index (χ1n) is 4.82. The first-order valence-corrected chi connectivity index (χ1v) is 5.70. The third-order valence-corrected chi connectivity index (χ3v) is 2.69. The number of rotatable bonds is 7. The van der Waals surface area contributed by atoms with Crippen LogP contribution >= 0.6 is 11.3 Å². The second kappa shape index (κ2) is 7.20. The molecule has 3 nitrogen and oxygen atoms in total. The van der Waals surface area contributed by atoms with Gasteiger partial charge in [-0.1, -0.05) is 12.1 Å². The van der Waals surface area contributed by atoms with E-state index in [2.05, 4.69) is 11.9 Å². The van der Waals surface area contributed by atoms with E-state index in [4.69, 9.17) is 4.74 Å². The molecule has 1 heterocycles. The zero-order chi connectivity index (χ0) is 10.9. The summed E-state index contributed by atoms with van der Waals surface area (Å²) < 4.78 is 5.03. The highest BCUT2D eigenvalue weighted by Crippen LogP contribution is 2.08. The molecule has 1 rings (SSSR count). The predicted molar refractivity (Wildman–Crippen MR) is 62.0 cm³/mol. The molecular weight excluding hydrogens is 210 g/mol. The molecule has 0 atom stereocenters. The molecule has 0 unspecified atom stereocenters. The fourth-order valence-corrected chi connectivity index (χ4v) is 1.74. The quantitative estimate of drug-likeness (QED) is 0.435. The van der Waals surface area contributed by atoms with Gasteiger partial charge in [0.2, 0.25) is 0 Å². The van der Waals surface area contributed by atoms with Crippen molar-refractivity contribution < 1.29 is 9.53 Å². The molecule has 82 valence electrons. The largest absolute Gasteiger partial charge is 0.464 e. The monoisotopic (exact) mass is 225 g/mol. The Bertz CT molecular complexity index is 296. The van der Waals surface area contributed by atoms with Gasteiger partial charge in [0.05, 0.1) is 13.2 Å². The summed E-state index contributed by atoms with van der Waals surface area (Å²) in [6.45, 7) is 4.87. The van der Waals surface area contributed by atoms with Crippen LogP contribution in [0, 0.1) is 0 Å². The second-order valence-corrected chi connectivity index (χ2v) is 4.00. The molecule has 0 aliphatic heterocycles. The van der Waals surface area contributed by atoms with Gasteiger partial charge >= 0.3 is 5.97 Å². The Labute approximate surface area is 93.8 Å². The van der Waals surface area contributed by atoms with E-state index < -0.39 is 0 Å². The van der Waals surface area contributed by atoms with Crippen LogP contribution in [0.25, 0.3) is 0 Å². The lowest BCUT2D eigenvalue weighted by Gasteiger charge is -2.03. The molecule has 0 bridgehead atoms. The summed E-state index contributed by atoms with van der Waals surface area (Å²) in [6, 6.07) is 4.03. The van der Waals surface area contributed by atoms with Crippen molar-refractivity contribution >= 4 is 17.3 Å². The Morgan fingerprint density at radius 2 is 2.53 bits per heavy atom. The van der Waals surface area contributed by atoms with E-state index in [-0.39, 0.29) is 12.5 Å². The van der Waals surface area contributed by atoms with Crippen molar-refractivity contribution in [1.29, 1.82) is 0 Å². The van der Waals surface area contributed by atoms with Crippen molar-refractivity contribution in [1.82, 2.24) is 5.32 Å². The first-order chi connectivity index (χ1) is 7.33. The molecule has 0 aliphatic rings. The molecule has 0 spiro atoms. The van der Waals surface area contributed by atoms with Crippen LogP contribution in [0.3, 0.4) is 0 Å². The van der Waals surface area contributed by atoms with Crippen LogP contribution < -0.4 is 5.32 Å². The molecule has 1 N–H and O–H groups in total. The maximum atomic E-state index is 11.1. The smallest absolute Gasteiger partial charge is 0.319 e. The average Bonchev–Trinajstić information content (AvgIpc) is 2.71. The Morgan fingerprint density at radius 3 is 3.20 bits per heavy atom. The van der Waals surface area contributed by atoms with Crippen molar-refractivity contribution in [3.05, 3.63) is 35.0 Å². The number of hydrogen-bond donors (Lipinski definition) is 1. The Balaban J connectivity index is 2.04. The lowest BCUT2D eigenvalue weighted by Crippen LogP contribution is -2.25. The predicted octanol–water partition coefficient (Wildman–Crippen LogP) is 1.61. The highest BCUT2D eigenvalue weighted by molar-refractivity contribution is 7.09. The zero-order valence-electron chi connectivity index (χ0n) is 8.57. The summed E-state index contributed by atoms with van der Waals surface area (Å²) in [5.41, 5.74) is 0. The van der Waals surface area contributed by atoms with E-state index in [1.54, 1.807) is 17.4 Å². The molecule has 0 aromatic carbocycles. The van der Waals surface area contributed by atoms with Gasteiger partial charge in [-0.15, -0.1) is 17.9 Å². The Morgan fingerprint density at radius 1 is 1.67 bits per heavy atom. The van der Waals surface area contributed by atoms with Gasteiger partial charge in [-0.05, 0) is 11.4 Å². The van der Waals surface area contributed by atoms with Gasteiger partial charge in [-0.25, -0.2) is 0 Å². The number of carbonyl (C=O) groups excluding carboxylic acids is 1. The van der Waals surface area contributed by atoms with E-state index in [1.807, 2.05) is 17.5 Å². The molecule has 0 amide bonds. The van der Waals surface area contributed by atoms with Crippen molar-refractivity contribution in [3.63, 3.8) is 0 Å². The van der Waals surface area contributed by atoms with Crippen LogP contribution in [0.1, 0.15) is 4.88 Å². The highest BCUT2D eigenvalue weighted by atomic mass is 32.1. The molecule has 0 saturated heterocycles. The van der Waals surface area contributed by atoms with Crippen LogP contribution in [0.2, 0.25) is 0 Å². The maximum absolute atomic E-state index is 11.1. The van der Waals surface area contributed by atoms with Crippen molar-refractivity contribution in [2.24, 2.45) is 0 Å². The summed E-state index contributed by atoms with van der Waals surface area (Å²) in [5, 5.41) is 4.91. The van der Waals surface area contributed by atoms with Gasteiger partial charge in [-0.2, -0.15) is 0 Å². The van der Waals surface area contributed by atoms with Gasteiger partial charge in [0.15, 0.2) is 0 Å². The number of hydrogen-bond acceptors (Lipinski definition) is 4. The van der Waals surface area contributed by atoms with Crippen LogP contribution in [-0.4, -0.2) is 25.7 Å². The SMILES string of the molecule is C=CCNCC(=O)OCCc1cccs1. The van der Waals surface area contributed by atoms with E-state index in [1.165, 1.54) is 4.88 Å². The van der Waals surface area contributed by atoms with Crippen LogP contribution in [0.15, 0.2) is 30.2 Å². The van der Waals surface area contributed by atoms with Crippen LogP contribution in [-0.2, 0) is 16.0 Å². The molecule has 15 heavy (non-hydrogen) atoms. The molecule has 0 saturated carbocycles. The van der Waals surface area contributed by atoms with Gasteiger partial charge in [0.1, 0.15) is 0 Å². The molecule has 4 heteroatoms. The standard InChI is InChI=1S/C11H15NO2S/c1-2-6-12-9-11(13)14-7-5-10-4-3-8-15-10/h2-4,8,12H,1,5-7,9H2. The van der Waals surface area contributed by atoms with Gasteiger partial charge in [0.25, 0.3) is 0 Å². The normalized spacial score (nSPS) is 9.87. The molecule has 0 radical (unpaired) electrons. The molecule has 1 aromatic rings. The number of esters is 1. The molecular formula is C11H15NO2S. The fraction of sp³-hybridized carbons (Fsp3) is 0.364. The number of nitrogens with one attached hydrogen (secondary N) is 1. The lowest BCUT2D eigenvalue weighted by molar-refractivity contribution is -0.142. The summed E-state index contributed by atoms with van der Waals surface area (Å²) >= 11 is 1.68. The minimum Gasteiger partial charge on any atom is -0.464 e. The molecule has 0 fully saturated rings. The summed E-state index contributed by atoms with van der Waals surface area (Å²) in [7, 11) is 0. The van der Waals surface area contributed by atoms with E-state index in [0.717, 1.165) is 6.42 Å². The fourth-order valence-electron chi connectivity index (χ4n) is 1.05. The third kappa shape index (κ3) is 5.34. The highest BCUT2D eigenvalue weighted by Gasteiger charge is 2.01. The van der Waals surface area contributed by atoms with Crippen LogP contribution in [0.5, 0.6) is 0 Å². The first kappa shape index (κ1) is 11.9. The maximum Gasteiger partial charge on any atom is 0.319 e. The summed E-state index contributed by atoms with van der Waals surface area (Å²) in [5.74, 6) is -0.214. The van der Waals surface area contributed by atoms with Gasteiger partial charge < -0.3 is 10.1 Å². The Hall–Kier alpha value is -1.13. The number of ether oxygens (including phenoxy) is 1. The molecule has 0 aliphatic carbocycles. The Kier molecular flexibility index (Phi) is 5.73. The van der Waals surface area contributed by atoms with Gasteiger partial charge in [-0.3, -0.25) is 4.79 Å². The van der Waals surface area contributed by atoms with Gasteiger partial charge in [0, 0.05) is 17.8 Å². The average molecular weight is 225 g/mol. The van der Waals surface area contributed by atoms with Crippen molar-refractivity contribution in [2.75, 3.05) is 19.7 Å².